The molecule has 0 spiro atoms. The number of hydrogen-bond acceptors (Lipinski definition) is 6. The predicted molar refractivity (Wildman–Crippen MR) is 159 cm³/mol. The molecule has 2 heterocycles. The highest BCUT2D eigenvalue weighted by atomic mass is 35.5. The van der Waals surface area contributed by atoms with Crippen molar-refractivity contribution in [2.24, 2.45) is 0 Å². The first-order valence-corrected chi connectivity index (χ1v) is 14.6. The van der Waals surface area contributed by atoms with E-state index < -0.39 is 11.7 Å². The number of nitrogens with zero attached hydrogens (tertiary/aromatic N) is 3. The molecule has 9 heteroatoms. The van der Waals surface area contributed by atoms with Gasteiger partial charge < -0.3 is 14.4 Å². The minimum atomic E-state index is -0.642. The van der Waals surface area contributed by atoms with Gasteiger partial charge in [0.15, 0.2) is 0 Å². The maximum atomic E-state index is 12.7. The van der Waals surface area contributed by atoms with Crippen LogP contribution >= 0.6 is 23.2 Å². The van der Waals surface area contributed by atoms with Crippen molar-refractivity contribution in [1.29, 1.82) is 0 Å². The average Bonchev–Trinajstić information content (AvgIpc) is 2.94. The smallest absolute Gasteiger partial charge is 0.421 e. The molecule has 0 amide bonds. The van der Waals surface area contributed by atoms with Gasteiger partial charge >= 0.3 is 6.09 Å². The van der Waals surface area contributed by atoms with Crippen molar-refractivity contribution in [2.45, 2.75) is 45.4 Å². The highest BCUT2D eigenvalue weighted by molar-refractivity contribution is 6.43. The van der Waals surface area contributed by atoms with E-state index in [0.717, 1.165) is 86.9 Å². The fourth-order valence-corrected chi connectivity index (χ4v) is 5.23. The molecule has 0 saturated carbocycles. The quantitative estimate of drug-likeness (QED) is 0.221. The maximum Gasteiger partial charge on any atom is 0.421 e. The molecule has 1 fully saturated rings. The zero-order chi connectivity index (χ0) is 27.6. The second-order valence-corrected chi connectivity index (χ2v) is 10.6. The number of benzene rings is 2. The van der Waals surface area contributed by atoms with Crippen LogP contribution < -0.4 is 15.2 Å². The van der Waals surface area contributed by atoms with Gasteiger partial charge in [0.25, 0.3) is 5.56 Å². The molecule has 39 heavy (non-hydrogen) atoms. The first kappa shape index (κ1) is 29.2. The number of piperazine rings is 1. The Morgan fingerprint density at radius 2 is 1.67 bits per heavy atom. The molecule has 7 nitrogen and oxygen atoms in total. The molecule has 0 unspecified atom stereocenters. The molecule has 1 saturated heterocycles. The largest absolute Gasteiger partial charge is 0.494 e. The van der Waals surface area contributed by atoms with Gasteiger partial charge in [-0.3, -0.25) is 9.69 Å². The Kier molecular flexibility index (Phi) is 10.9. The minimum Gasteiger partial charge on any atom is -0.494 e. The molecule has 3 aromatic rings. The summed E-state index contributed by atoms with van der Waals surface area (Å²) < 4.78 is 12.5. The Morgan fingerprint density at radius 1 is 0.897 bits per heavy atom. The van der Waals surface area contributed by atoms with Crippen LogP contribution in [0.5, 0.6) is 5.75 Å². The summed E-state index contributed by atoms with van der Waals surface area (Å²) in [4.78, 5) is 29.9. The lowest BCUT2D eigenvalue weighted by molar-refractivity contribution is 0.145. The molecule has 0 aliphatic carbocycles. The van der Waals surface area contributed by atoms with Crippen molar-refractivity contribution in [2.75, 3.05) is 50.8 Å². The first-order chi connectivity index (χ1) is 19.0. The molecule has 0 atom stereocenters. The van der Waals surface area contributed by atoms with E-state index in [1.807, 2.05) is 30.3 Å². The second kappa shape index (κ2) is 14.6. The average molecular weight is 575 g/mol. The van der Waals surface area contributed by atoms with Gasteiger partial charge in [0.05, 0.1) is 34.5 Å². The molecule has 2 aromatic carbocycles. The number of unbranched alkanes of at least 4 members (excludes halogenated alkanes) is 4. The van der Waals surface area contributed by atoms with Crippen LogP contribution in [0, 0.1) is 0 Å². The Hall–Kier alpha value is -2.74. The molecule has 0 radical (unpaired) electrons. The fraction of sp³-hybridized carbons (Fsp3) is 0.467. The topological polar surface area (TPSA) is 64.0 Å². The zero-order valence-corrected chi connectivity index (χ0v) is 24.1. The second-order valence-electron chi connectivity index (χ2n) is 9.86. The Bertz CT molecular complexity index is 1310. The summed E-state index contributed by atoms with van der Waals surface area (Å²) >= 11 is 12.6. The van der Waals surface area contributed by atoms with Crippen LogP contribution in [-0.4, -0.2) is 61.5 Å². The van der Waals surface area contributed by atoms with Crippen LogP contribution in [0.15, 0.2) is 53.3 Å². The van der Waals surface area contributed by atoms with E-state index in [-0.39, 0.29) is 0 Å². The Labute approximate surface area is 240 Å². The molecular formula is C30H37Cl2N3O4. The Balaban J connectivity index is 1.23. The highest BCUT2D eigenvalue weighted by Crippen LogP contribution is 2.32. The summed E-state index contributed by atoms with van der Waals surface area (Å²) in [7, 11) is 0. The van der Waals surface area contributed by atoms with Gasteiger partial charge in [0.1, 0.15) is 5.75 Å². The van der Waals surface area contributed by atoms with Crippen molar-refractivity contribution in [3.63, 3.8) is 0 Å². The molecule has 1 aliphatic heterocycles. The monoisotopic (exact) mass is 573 g/mol. The van der Waals surface area contributed by atoms with Crippen LogP contribution in [0.4, 0.5) is 10.5 Å². The molecule has 1 aromatic heterocycles. The van der Waals surface area contributed by atoms with Gasteiger partial charge in [-0.1, -0.05) is 55.5 Å². The van der Waals surface area contributed by atoms with Crippen molar-refractivity contribution in [3.05, 3.63) is 68.9 Å². The van der Waals surface area contributed by atoms with E-state index >= 15 is 0 Å². The van der Waals surface area contributed by atoms with Gasteiger partial charge in [0.2, 0.25) is 0 Å². The number of ether oxygens (including phenoxy) is 2. The number of hydrogen-bond donors (Lipinski definition) is 0. The van der Waals surface area contributed by atoms with Crippen molar-refractivity contribution in [1.82, 2.24) is 9.47 Å². The summed E-state index contributed by atoms with van der Waals surface area (Å²) in [5.74, 6) is 0.629. The third kappa shape index (κ3) is 7.90. The first-order valence-electron chi connectivity index (χ1n) is 13.8. The van der Waals surface area contributed by atoms with Crippen LogP contribution in [-0.2, 0) is 4.74 Å². The Morgan fingerprint density at radius 3 is 2.46 bits per heavy atom. The van der Waals surface area contributed by atoms with E-state index in [2.05, 4.69) is 16.7 Å². The van der Waals surface area contributed by atoms with Gasteiger partial charge in [-0.2, -0.15) is 0 Å². The third-order valence-corrected chi connectivity index (χ3v) is 7.87. The molecule has 0 N–H and O–H groups in total. The van der Waals surface area contributed by atoms with E-state index in [0.29, 0.717) is 34.5 Å². The number of fused-ring (bicyclic) bond motifs is 1. The number of anilines is 1. The summed E-state index contributed by atoms with van der Waals surface area (Å²) in [6, 6.07) is 14.4. The molecule has 0 bridgehead atoms. The zero-order valence-electron chi connectivity index (χ0n) is 22.5. The maximum absolute atomic E-state index is 12.7. The normalized spacial score (nSPS) is 14.1. The number of halogens is 2. The van der Waals surface area contributed by atoms with E-state index in [1.165, 1.54) is 6.07 Å². The summed E-state index contributed by atoms with van der Waals surface area (Å²) in [6.45, 7) is 7.77. The van der Waals surface area contributed by atoms with Gasteiger partial charge in [-0.25, -0.2) is 9.36 Å². The van der Waals surface area contributed by atoms with Crippen molar-refractivity contribution >= 4 is 45.9 Å². The number of aromatic nitrogens is 1. The summed E-state index contributed by atoms with van der Waals surface area (Å²) in [5, 5.41) is 1.99. The highest BCUT2D eigenvalue weighted by Gasteiger charge is 2.19. The number of pyridine rings is 1. The number of rotatable bonds is 12. The minimum absolute atomic E-state index is 0.307. The molecule has 4 rings (SSSR count). The lowest BCUT2D eigenvalue weighted by Gasteiger charge is -2.36. The van der Waals surface area contributed by atoms with Crippen molar-refractivity contribution in [3.8, 4) is 5.75 Å². The lowest BCUT2D eigenvalue weighted by Crippen LogP contribution is -2.46. The van der Waals surface area contributed by atoms with Gasteiger partial charge in [-0.15, -0.1) is 0 Å². The summed E-state index contributed by atoms with van der Waals surface area (Å²) in [5.41, 5.74) is 1.09. The van der Waals surface area contributed by atoms with Crippen LogP contribution in [0.2, 0.25) is 10.0 Å². The van der Waals surface area contributed by atoms with Crippen molar-refractivity contribution < 1.29 is 14.3 Å². The SMILES string of the molecule is CCCCCCOC(=O)n1c(=O)ccc2ccc(OCCCCN3CCN(c4cccc(Cl)c4Cl)CC3)cc21. The lowest BCUT2D eigenvalue weighted by atomic mass is 10.2. The van der Waals surface area contributed by atoms with Crippen LogP contribution in [0.25, 0.3) is 10.9 Å². The number of carbonyl (C=O) groups excluding carboxylic acids is 1. The third-order valence-electron chi connectivity index (χ3n) is 7.06. The van der Waals surface area contributed by atoms with E-state index in [4.69, 9.17) is 32.7 Å². The molecular weight excluding hydrogens is 537 g/mol. The van der Waals surface area contributed by atoms with E-state index in [1.54, 1.807) is 12.1 Å². The predicted octanol–water partition coefficient (Wildman–Crippen LogP) is 6.85. The molecule has 1 aliphatic rings. The van der Waals surface area contributed by atoms with E-state index in [9.17, 15) is 9.59 Å². The summed E-state index contributed by atoms with van der Waals surface area (Å²) in [6.07, 6.45) is 5.27. The number of carbonyl (C=O) groups is 1. The standard InChI is InChI=1S/C30H37Cl2N3O4/c1-2-3-4-6-21-39-30(37)35-27-22-24(13-11-23(27)12-14-28(35)36)38-20-7-5-15-33-16-18-34(19-17-33)26-10-8-9-25(31)29(26)32/h8-14,22H,2-7,15-21H2,1H3. The van der Waals surface area contributed by atoms with Gasteiger partial charge in [-0.05, 0) is 61.5 Å². The van der Waals surface area contributed by atoms with Crippen LogP contribution in [0.1, 0.15) is 45.4 Å². The fourth-order valence-electron chi connectivity index (χ4n) is 4.82. The van der Waals surface area contributed by atoms with Crippen LogP contribution in [0.3, 0.4) is 0 Å². The van der Waals surface area contributed by atoms with Gasteiger partial charge in [0, 0.05) is 38.3 Å². The molecule has 210 valence electrons.